The largest absolute Gasteiger partial charge is 0.507 e. The summed E-state index contributed by atoms with van der Waals surface area (Å²) in [5, 5.41) is 19.6. The third-order valence-electron chi connectivity index (χ3n) is 2.63. The van der Waals surface area contributed by atoms with Gasteiger partial charge in [0.15, 0.2) is 11.5 Å². The van der Waals surface area contributed by atoms with Crippen molar-refractivity contribution in [3.05, 3.63) is 36.4 Å². The lowest BCUT2D eigenvalue weighted by Gasteiger charge is -2.12. The van der Waals surface area contributed by atoms with Crippen molar-refractivity contribution in [2.45, 2.75) is 0 Å². The van der Waals surface area contributed by atoms with Gasteiger partial charge in [-0.2, -0.15) is 0 Å². The molecule has 0 aromatic heterocycles. The molecule has 93 valence electrons. The Morgan fingerprint density at radius 1 is 1.00 bits per heavy atom. The molecule has 0 saturated carbocycles. The minimum atomic E-state index is -0.0998. The standard InChI is InChI=1S/C14H13O4/c1-17-9-6-7-12(15)11(8-9)10-4-3-5-13(16)14(10)18-2/h3-4,6-8,15-16H,1-2H3. The van der Waals surface area contributed by atoms with Crippen LogP contribution < -0.4 is 9.47 Å². The first-order valence-corrected chi connectivity index (χ1v) is 5.32. The van der Waals surface area contributed by atoms with Crippen molar-refractivity contribution in [1.29, 1.82) is 0 Å². The SMILES string of the molecule is COc1ccc(O)c(-c2cc[c]c(O)c2OC)c1. The number of hydrogen-bond acceptors (Lipinski definition) is 4. The van der Waals surface area contributed by atoms with Gasteiger partial charge in [0.1, 0.15) is 11.5 Å². The Balaban J connectivity index is 2.64. The van der Waals surface area contributed by atoms with Gasteiger partial charge < -0.3 is 19.7 Å². The van der Waals surface area contributed by atoms with Crippen LogP contribution in [0.2, 0.25) is 0 Å². The van der Waals surface area contributed by atoms with Crippen LogP contribution in [0.25, 0.3) is 11.1 Å². The number of benzene rings is 2. The molecule has 0 aliphatic rings. The fourth-order valence-electron chi connectivity index (χ4n) is 1.75. The quantitative estimate of drug-likeness (QED) is 0.872. The summed E-state index contributed by atoms with van der Waals surface area (Å²) < 4.78 is 10.2. The molecular weight excluding hydrogens is 232 g/mol. The fraction of sp³-hybridized carbons (Fsp3) is 0.143. The molecule has 0 saturated heterocycles. The molecular formula is C14H13O4. The van der Waals surface area contributed by atoms with Gasteiger partial charge in [0.2, 0.25) is 0 Å². The fourth-order valence-corrected chi connectivity index (χ4v) is 1.75. The first kappa shape index (κ1) is 12.1. The second kappa shape index (κ2) is 4.87. The van der Waals surface area contributed by atoms with Crippen molar-refractivity contribution in [3.63, 3.8) is 0 Å². The normalized spacial score (nSPS) is 10.1. The Morgan fingerprint density at radius 2 is 1.78 bits per heavy atom. The van der Waals surface area contributed by atoms with E-state index >= 15 is 0 Å². The van der Waals surface area contributed by atoms with E-state index in [9.17, 15) is 10.2 Å². The van der Waals surface area contributed by atoms with Crippen LogP contribution in [0.3, 0.4) is 0 Å². The van der Waals surface area contributed by atoms with Crippen LogP contribution in [0.5, 0.6) is 23.0 Å². The van der Waals surface area contributed by atoms with Crippen molar-refractivity contribution >= 4 is 0 Å². The summed E-state index contributed by atoms with van der Waals surface area (Å²) in [5.41, 5.74) is 1.10. The lowest BCUT2D eigenvalue weighted by atomic mass is 10.0. The number of methoxy groups -OCH3 is 2. The smallest absolute Gasteiger partial charge is 0.169 e. The van der Waals surface area contributed by atoms with E-state index in [0.717, 1.165) is 0 Å². The van der Waals surface area contributed by atoms with Gasteiger partial charge in [-0.1, -0.05) is 0 Å². The van der Waals surface area contributed by atoms with Crippen LogP contribution in [0, 0.1) is 6.07 Å². The van der Waals surface area contributed by atoms with Crippen LogP contribution in [0.4, 0.5) is 0 Å². The van der Waals surface area contributed by atoms with Gasteiger partial charge in [-0.25, -0.2) is 0 Å². The number of phenolic OH excluding ortho intramolecular Hbond substituents is 2. The highest BCUT2D eigenvalue weighted by molar-refractivity contribution is 5.78. The monoisotopic (exact) mass is 245 g/mol. The molecule has 0 atom stereocenters. The van der Waals surface area contributed by atoms with Crippen molar-refractivity contribution in [2.24, 2.45) is 0 Å². The summed E-state index contributed by atoms with van der Waals surface area (Å²) in [7, 11) is 2.99. The van der Waals surface area contributed by atoms with Crippen molar-refractivity contribution in [2.75, 3.05) is 14.2 Å². The van der Waals surface area contributed by atoms with Gasteiger partial charge >= 0.3 is 0 Å². The molecule has 2 rings (SSSR count). The van der Waals surface area contributed by atoms with E-state index in [-0.39, 0.29) is 17.2 Å². The van der Waals surface area contributed by atoms with Gasteiger partial charge in [0, 0.05) is 17.2 Å². The maximum absolute atomic E-state index is 9.89. The number of rotatable bonds is 3. The van der Waals surface area contributed by atoms with Gasteiger partial charge in [0.05, 0.1) is 14.2 Å². The molecule has 0 fully saturated rings. The molecule has 4 nitrogen and oxygen atoms in total. The Bertz CT molecular complexity index is 564. The highest BCUT2D eigenvalue weighted by Crippen LogP contribution is 2.41. The maximum Gasteiger partial charge on any atom is 0.169 e. The lowest BCUT2D eigenvalue weighted by molar-refractivity contribution is 0.374. The molecule has 0 bridgehead atoms. The molecule has 0 aliphatic heterocycles. The molecule has 2 N–H and O–H groups in total. The molecule has 2 aromatic rings. The number of hydrogen-bond donors (Lipinski definition) is 2. The molecule has 18 heavy (non-hydrogen) atoms. The number of ether oxygens (including phenoxy) is 2. The summed E-state index contributed by atoms with van der Waals surface area (Å²) in [6, 6.07) is 10.7. The van der Waals surface area contributed by atoms with Crippen LogP contribution in [-0.4, -0.2) is 24.4 Å². The molecule has 2 aromatic carbocycles. The van der Waals surface area contributed by atoms with Gasteiger partial charge in [0.25, 0.3) is 0 Å². The van der Waals surface area contributed by atoms with E-state index in [1.807, 2.05) is 0 Å². The molecule has 0 spiro atoms. The predicted molar refractivity (Wildman–Crippen MR) is 67.1 cm³/mol. The van der Waals surface area contributed by atoms with E-state index in [4.69, 9.17) is 9.47 Å². The number of phenols is 2. The maximum atomic E-state index is 9.89. The molecule has 4 heteroatoms. The van der Waals surface area contributed by atoms with Crippen LogP contribution in [0.15, 0.2) is 30.3 Å². The minimum absolute atomic E-state index is 0.0831. The van der Waals surface area contributed by atoms with E-state index in [0.29, 0.717) is 16.9 Å². The number of aromatic hydroxyl groups is 2. The summed E-state index contributed by atoms with van der Waals surface area (Å²) >= 11 is 0. The summed E-state index contributed by atoms with van der Waals surface area (Å²) in [5.74, 6) is 0.857. The van der Waals surface area contributed by atoms with E-state index in [1.54, 1.807) is 31.4 Å². The third kappa shape index (κ3) is 2.05. The lowest BCUT2D eigenvalue weighted by Crippen LogP contribution is -1.90. The third-order valence-corrected chi connectivity index (χ3v) is 2.63. The average Bonchev–Trinajstić information content (AvgIpc) is 2.39. The Hall–Kier alpha value is -2.36. The van der Waals surface area contributed by atoms with Gasteiger partial charge in [-0.15, -0.1) is 0 Å². The second-order valence-electron chi connectivity index (χ2n) is 3.66. The molecule has 0 aliphatic carbocycles. The van der Waals surface area contributed by atoms with Crippen LogP contribution >= 0.6 is 0 Å². The molecule has 0 unspecified atom stereocenters. The topological polar surface area (TPSA) is 58.9 Å². The zero-order valence-electron chi connectivity index (χ0n) is 10.1. The van der Waals surface area contributed by atoms with Crippen molar-refractivity contribution in [1.82, 2.24) is 0 Å². The summed E-state index contributed by atoms with van der Waals surface area (Å²) in [6.45, 7) is 0. The highest BCUT2D eigenvalue weighted by Gasteiger charge is 2.14. The van der Waals surface area contributed by atoms with Gasteiger partial charge in [-0.05, 0) is 30.3 Å². The highest BCUT2D eigenvalue weighted by atomic mass is 16.5. The first-order chi connectivity index (χ1) is 8.67. The van der Waals surface area contributed by atoms with E-state index in [2.05, 4.69) is 6.07 Å². The van der Waals surface area contributed by atoms with Crippen LogP contribution in [-0.2, 0) is 0 Å². The van der Waals surface area contributed by atoms with Crippen molar-refractivity contribution < 1.29 is 19.7 Å². The minimum Gasteiger partial charge on any atom is -0.507 e. The molecule has 1 radical (unpaired) electrons. The second-order valence-corrected chi connectivity index (χ2v) is 3.66. The Morgan fingerprint density at radius 3 is 2.44 bits per heavy atom. The van der Waals surface area contributed by atoms with E-state index in [1.165, 1.54) is 13.2 Å². The summed E-state index contributed by atoms with van der Waals surface area (Å²) in [6.07, 6.45) is 0. The van der Waals surface area contributed by atoms with Gasteiger partial charge in [-0.3, -0.25) is 0 Å². The zero-order chi connectivity index (χ0) is 13.1. The van der Waals surface area contributed by atoms with Crippen LogP contribution in [0.1, 0.15) is 0 Å². The zero-order valence-corrected chi connectivity index (χ0v) is 10.1. The Labute approximate surface area is 105 Å². The van der Waals surface area contributed by atoms with E-state index < -0.39 is 0 Å². The average molecular weight is 245 g/mol. The summed E-state index contributed by atoms with van der Waals surface area (Å²) in [4.78, 5) is 0. The first-order valence-electron chi connectivity index (χ1n) is 5.32. The predicted octanol–water partition coefficient (Wildman–Crippen LogP) is 2.58. The molecule has 0 amide bonds. The Kier molecular flexibility index (Phi) is 3.28. The van der Waals surface area contributed by atoms with Crippen molar-refractivity contribution in [3.8, 4) is 34.1 Å². The molecule has 0 heterocycles.